The molecule has 0 bridgehead atoms. The molecule has 20 heavy (non-hydrogen) atoms. The standard InChI is InChI=1S/C13H11N3O4/c17-12(15-14-8-11-5-2-6-20-11)9-3-1-4-10(7-9)13(18)16-19/h1-8,19H,(H,15,17)(H,16,18)/b14-8+. The van der Waals surface area contributed by atoms with Crippen molar-refractivity contribution >= 4 is 18.0 Å². The highest BCUT2D eigenvalue weighted by atomic mass is 16.5. The minimum absolute atomic E-state index is 0.162. The van der Waals surface area contributed by atoms with Crippen molar-refractivity contribution in [3.05, 3.63) is 59.5 Å². The molecule has 7 nitrogen and oxygen atoms in total. The maximum Gasteiger partial charge on any atom is 0.274 e. The fraction of sp³-hybridized carbons (Fsp3) is 0. The van der Waals surface area contributed by atoms with E-state index in [4.69, 9.17) is 9.62 Å². The number of rotatable bonds is 4. The lowest BCUT2D eigenvalue weighted by molar-refractivity contribution is 0.0706. The molecule has 102 valence electrons. The molecule has 0 saturated heterocycles. The van der Waals surface area contributed by atoms with Gasteiger partial charge in [0.1, 0.15) is 5.76 Å². The van der Waals surface area contributed by atoms with Gasteiger partial charge in [-0.05, 0) is 30.3 Å². The van der Waals surface area contributed by atoms with Gasteiger partial charge in [-0.1, -0.05) is 6.07 Å². The number of benzene rings is 1. The SMILES string of the molecule is O=C(NO)c1cccc(C(=O)N/N=C/c2ccco2)c1. The fourth-order valence-corrected chi connectivity index (χ4v) is 1.45. The molecular formula is C13H11N3O4. The molecule has 0 saturated carbocycles. The molecular weight excluding hydrogens is 262 g/mol. The number of amides is 2. The molecule has 0 aliphatic carbocycles. The number of hydrogen-bond donors (Lipinski definition) is 3. The molecule has 0 spiro atoms. The van der Waals surface area contributed by atoms with E-state index in [1.165, 1.54) is 42.2 Å². The molecule has 3 N–H and O–H groups in total. The molecule has 2 amide bonds. The van der Waals surface area contributed by atoms with Crippen LogP contribution in [0, 0.1) is 0 Å². The lowest BCUT2D eigenvalue weighted by atomic mass is 10.1. The molecule has 0 unspecified atom stereocenters. The van der Waals surface area contributed by atoms with Crippen molar-refractivity contribution < 1.29 is 19.2 Å². The first-order chi connectivity index (χ1) is 9.70. The maximum absolute atomic E-state index is 11.8. The Bertz CT molecular complexity index is 635. The Labute approximate surface area is 113 Å². The third-order valence-corrected chi connectivity index (χ3v) is 2.39. The predicted octanol–water partition coefficient (Wildman–Crippen LogP) is 1.16. The first-order valence-electron chi connectivity index (χ1n) is 5.62. The van der Waals surface area contributed by atoms with E-state index in [0.29, 0.717) is 5.76 Å². The summed E-state index contributed by atoms with van der Waals surface area (Å²) >= 11 is 0. The van der Waals surface area contributed by atoms with Crippen molar-refractivity contribution in [2.75, 3.05) is 0 Å². The van der Waals surface area contributed by atoms with E-state index in [1.807, 2.05) is 0 Å². The molecule has 2 aromatic rings. The van der Waals surface area contributed by atoms with E-state index < -0.39 is 11.8 Å². The Morgan fingerprint density at radius 2 is 1.90 bits per heavy atom. The van der Waals surface area contributed by atoms with Crippen LogP contribution in [-0.2, 0) is 0 Å². The minimum Gasteiger partial charge on any atom is -0.463 e. The number of hydroxylamine groups is 1. The zero-order chi connectivity index (χ0) is 14.4. The Morgan fingerprint density at radius 1 is 1.15 bits per heavy atom. The summed E-state index contributed by atoms with van der Waals surface area (Å²) in [6.45, 7) is 0. The van der Waals surface area contributed by atoms with Gasteiger partial charge < -0.3 is 4.42 Å². The summed E-state index contributed by atoms with van der Waals surface area (Å²) < 4.78 is 5.00. The van der Waals surface area contributed by atoms with Crippen LogP contribution in [-0.4, -0.2) is 23.2 Å². The summed E-state index contributed by atoms with van der Waals surface area (Å²) in [5.41, 5.74) is 4.19. The third kappa shape index (κ3) is 3.30. The number of nitrogens with one attached hydrogen (secondary N) is 2. The number of nitrogens with zero attached hydrogens (tertiary/aromatic N) is 1. The average molecular weight is 273 g/mol. The molecule has 1 aromatic heterocycles. The van der Waals surface area contributed by atoms with Crippen LogP contribution in [0.3, 0.4) is 0 Å². The van der Waals surface area contributed by atoms with Crippen LogP contribution >= 0.6 is 0 Å². The number of furan rings is 1. The quantitative estimate of drug-likeness (QED) is 0.441. The number of hydrogen-bond acceptors (Lipinski definition) is 5. The van der Waals surface area contributed by atoms with Crippen LogP contribution in [0.4, 0.5) is 0 Å². The van der Waals surface area contributed by atoms with Gasteiger partial charge in [-0.3, -0.25) is 14.8 Å². The van der Waals surface area contributed by atoms with E-state index in [9.17, 15) is 9.59 Å². The van der Waals surface area contributed by atoms with Crippen LogP contribution in [0.2, 0.25) is 0 Å². The van der Waals surface area contributed by atoms with Crippen molar-refractivity contribution in [3.8, 4) is 0 Å². The highest BCUT2D eigenvalue weighted by Gasteiger charge is 2.09. The zero-order valence-corrected chi connectivity index (χ0v) is 10.2. The monoisotopic (exact) mass is 273 g/mol. The summed E-state index contributed by atoms with van der Waals surface area (Å²) in [7, 11) is 0. The number of carbonyl (C=O) groups is 2. The van der Waals surface area contributed by atoms with Crippen molar-refractivity contribution in [2.45, 2.75) is 0 Å². The second-order valence-corrected chi connectivity index (χ2v) is 3.74. The van der Waals surface area contributed by atoms with Crippen molar-refractivity contribution in [2.24, 2.45) is 5.10 Å². The second-order valence-electron chi connectivity index (χ2n) is 3.74. The summed E-state index contributed by atoms with van der Waals surface area (Å²) in [5, 5.41) is 12.2. The van der Waals surface area contributed by atoms with Gasteiger partial charge in [-0.15, -0.1) is 0 Å². The highest BCUT2D eigenvalue weighted by molar-refractivity contribution is 5.99. The maximum atomic E-state index is 11.8. The Kier molecular flexibility index (Phi) is 4.25. The van der Waals surface area contributed by atoms with Gasteiger partial charge in [0, 0.05) is 11.1 Å². The summed E-state index contributed by atoms with van der Waals surface area (Å²) in [6, 6.07) is 9.22. The molecule has 0 radical (unpaired) electrons. The van der Waals surface area contributed by atoms with Crippen LogP contribution in [0.5, 0.6) is 0 Å². The lowest BCUT2D eigenvalue weighted by Crippen LogP contribution is -2.21. The van der Waals surface area contributed by atoms with Crippen LogP contribution in [0.15, 0.2) is 52.2 Å². The van der Waals surface area contributed by atoms with Gasteiger partial charge in [0.25, 0.3) is 11.8 Å². The molecule has 0 fully saturated rings. The average Bonchev–Trinajstić information content (AvgIpc) is 2.99. The van der Waals surface area contributed by atoms with Gasteiger partial charge in [0.2, 0.25) is 0 Å². The first-order valence-corrected chi connectivity index (χ1v) is 5.62. The van der Waals surface area contributed by atoms with E-state index in [1.54, 1.807) is 12.1 Å². The largest absolute Gasteiger partial charge is 0.463 e. The highest BCUT2D eigenvalue weighted by Crippen LogP contribution is 2.05. The van der Waals surface area contributed by atoms with Crippen molar-refractivity contribution in [1.29, 1.82) is 0 Å². The number of hydrazone groups is 1. The van der Waals surface area contributed by atoms with Crippen LogP contribution < -0.4 is 10.9 Å². The van der Waals surface area contributed by atoms with Crippen molar-refractivity contribution in [1.82, 2.24) is 10.9 Å². The van der Waals surface area contributed by atoms with Crippen LogP contribution in [0.25, 0.3) is 0 Å². The molecule has 0 aliphatic rings. The van der Waals surface area contributed by atoms with Gasteiger partial charge in [0.05, 0.1) is 12.5 Å². The third-order valence-electron chi connectivity index (χ3n) is 2.39. The Morgan fingerprint density at radius 3 is 2.55 bits per heavy atom. The van der Waals surface area contributed by atoms with E-state index in [0.717, 1.165) is 0 Å². The van der Waals surface area contributed by atoms with Gasteiger partial charge in [-0.2, -0.15) is 5.10 Å². The van der Waals surface area contributed by atoms with Gasteiger partial charge in [-0.25, -0.2) is 10.9 Å². The second kappa shape index (κ2) is 6.30. The Balaban J connectivity index is 2.04. The predicted molar refractivity (Wildman–Crippen MR) is 69.5 cm³/mol. The Hall–Kier alpha value is -2.93. The van der Waals surface area contributed by atoms with Gasteiger partial charge in [0.15, 0.2) is 0 Å². The summed E-state index contributed by atoms with van der Waals surface area (Å²) in [6.07, 6.45) is 2.84. The molecule has 1 heterocycles. The van der Waals surface area contributed by atoms with Crippen LogP contribution in [0.1, 0.15) is 26.5 Å². The molecule has 7 heteroatoms. The first kappa shape index (κ1) is 13.5. The molecule has 2 rings (SSSR count). The lowest BCUT2D eigenvalue weighted by Gasteiger charge is -2.02. The van der Waals surface area contributed by atoms with Crippen molar-refractivity contribution in [3.63, 3.8) is 0 Å². The molecule has 1 aromatic carbocycles. The summed E-state index contributed by atoms with van der Waals surface area (Å²) in [4.78, 5) is 23.0. The molecule has 0 atom stereocenters. The van der Waals surface area contributed by atoms with E-state index in [2.05, 4.69) is 10.5 Å². The zero-order valence-electron chi connectivity index (χ0n) is 10.2. The topological polar surface area (TPSA) is 104 Å². The normalized spacial score (nSPS) is 10.4. The summed E-state index contributed by atoms with van der Waals surface area (Å²) in [5.74, 6) is -0.683. The fourth-order valence-electron chi connectivity index (χ4n) is 1.45. The minimum atomic E-state index is -0.696. The van der Waals surface area contributed by atoms with Gasteiger partial charge >= 0.3 is 0 Å². The number of carbonyl (C=O) groups excluding carboxylic acids is 2. The van der Waals surface area contributed by atoms with E-state index in [-0.39, 0.29) is 11.1 Å². The van der Waals surface area contributed by atoms with E-state index >= 15 is 0 Å². The molecule has 0 aliphatic heterocycles. The smallest absolute Gasteiger partial charge is 0.274 e.